The van der Waals surface area contributed by atoms with Crippen molar-refractivity contribution in [2.24, 2.45) is 0 Å². The molecule has 1 aliphatic carbocycles. The van der Waals surface area contributed by atoms with Crippen LogP contribution in [0.4, 0.5) is 34.1 Å². The first-order chi connectivity index (χ1) is 42.1. The molecular weight excluding hydrogens is 1090 g/mol. The average Bonchev–Trinajstić information content (AvgIpc) is 1.62. The zero-order valence-corrected chi connectivity index (χ0v) is 55.4. The summed E-state index contributed by atoms with van der Waals surface area (Å²) in [5.41, 5.74) is 23.4. The lowest BCUT2D eigenvalue weighted by atomic mass is 9.70. The van der Waals surface area contributed by atoms with Crippen LogP contribution in [0.2, 0.25) is 0 Å². The molecule has 4 heteroatoms. The first kappa shape index (κ1) is 61.4. The van der Waals surface area contributed by atoms with Crippen LogP contribution in [0.25, 0.3) is 52.9 Å². The Morgan fingerprint density at radius 2 is 0.632 bits per heavy atom. The summed E-state index contributed by atoms with van der Waals surface area (Å²) < 4.78 is 0. The summed E-state index contributed by atoms with van der Waals surface area (Å²) in [5.74, 6) is 0. The topological polar surface area (TPSA) is 6.48 Å². The third kappa shape index (κ3) is 13.9. The molecule has 446 valence electrons. The Labute approximate surface area is 531 Å². The van der Waals surface area contributed by atoms with E-state index < -0.39 is 0 Å². The van der Waals surface area contributed by atoms with Crippen molar-refractivity contribution in [2.45, 2.75) is 175 Å². The van der Waals surface area contributed by atoms with Crippen LogP contribution >= 0.6 is 22.7 Å². The summed E-state index contributed by atoms with van der Waals surface area (Å²) in [4.78, 5) is 10.0. The molecule has 8 aromatic carbocycles. The average molecular weight is 1180 g/mol. The van der Waals surface area contributed by atoms with Gasteiger partial charge in [0.2, 0.25) is 0 Å². The van der Waals surface area contributed by atoms with Gasteiger partial charge < -0.3 is 9.80 Å². The van der Waals surface area contributed by atoms with E-state index in [1.54, 1.807) is 11.1 Å². The normalized spacial score (nSPS) is 12.8. The maximum absolute atomic E-state index is 2.62. The fraction of sp³-hybridized carbons (Fsp3) is 0.325. The molecule has 0 N–H and O–H groups in total. The Morgan fingerprint density at radius 1 is 0.310 bits per heavy atom. The van der Waals surface area contributed by atoms with Crippen molar-refractivity contribution in [1.29, 1.82) is 0 Å². The van der Waals surface area contributed by atoms with E-state index in [1.165, 1.54) is 165 Å². The second-order valence-electron chi connectivity index (χ2n) is 27.0. The minimum absolute atomic E-state index is 0.0566. The van der Waals surface area contributed by atoms with Crippen LogP contribution in [0.1, 0.15) is 179 Å². The Bertz CT molecular complexity index is 3830. The van der Waals surface area contributed by atoms with Gasteiger partial charge in [0.15, 0.2) is 0 Å². The van der Waals surface area contributed by atoms with Gasteiger partial charge in [-0.2, -0.15) is 0 Å². The van der Waals surface area contributed by atoms with Gasteiger partial charge in [-0.1, -0.05) is 247 Å². The number of benzene rings is 8. The molecule has 0 fully saturated rings. The molecule has 2 nitrogen and oxygen atoms in total. The third-order valence-corrected chi connectivity index (χ3v) is 20.9. The summed E-state index contributed by atoms with van der Waals surface area (Å²) in [6.45, 7) is 22.8. The first-order valence-electron chi connectivity index (χ1n) is 32.8. The van der Waals surface area contributed by atoms with E-state index in [4.69, 9.17) is 0 Å². The van der Waals surface area contributed by atoms with Crippen LogP contribution in [0.5, 0.6) is 0 Å². The maximum atomic E-state index is 2.62. The molecule has 1 aliphatic rings. The number of hydrogen-bond donors (Lipinski definition) is 0. The van der Waals surface area contributed by atoms with Crippen molar-refractivity contribution in [3.63, 3.8) is 0 Å². The van der Waals surface area contributed by atoms with E-state index in [2.05, 4.69) is 285 Å². The largest absolute Gasteiger partial charge is 0.311 e. The molecule has 10 aromatic rings. The Morgan fingerprint density at radius 3 is 1.06 bits per heavy atom. The van der Waals surface area contributed by atoms with Gasteiger partial charge in [0, 0.05) is 59.0 Å². The molecule has 11 rings (SSSR count). The number of aryl methyl sites for hydroxylation is 2. The Kier molecular flexibility index (Phi) is 19.1. The van der Waals surface area contributed by atoms with E-state index in [-0.39, 0.29) is 16.2 Å². The molecule has 0 unspecified atom stereocenters. The first-order valence-corrected chi connectivity index (χ1v) is 34.4. The van der Waals surface area contributed by atoms with Crippen LogP contribution < -0.4 is 9.80 Å². The molecule has 0 saturated carbocycles. The summed E-state index contributed by atoms with van der Waals surface area (Å²) in [6.07, 6.45) is 18.5. The van der Waals surface area contributed by atoms with Gasteiger partial charge in [-0.3, -0.25) is 0 Å². The highest BCUT2D eigenvalue weighted by atomic mass is 32.1. The summed E-state index contributed by atoms with van der Waals surface area (Å²) in [5, 5.41) is 0. The monoisotopic (exact) mass is 1180 g/mol. The predicted octanol–water partition coefficient (Wildman–Crippen LogP) is 26.4. The second-order valence-corrected chi connectivity index (χ2v) is 29.2. The fourth-order valence-corrected chi connectivity index (χ4v) is 15.4. The lowest BCUT2D eigenvalue weighted by Crippen LogP contribution is -2.25. The van der Waals surface area contributed by atoms with Crippen molar-refractivity contribution in [2.75, 3.05) is 9.80 Å². The number of anilines is 6. The zero-order valence-electron chi connectivity index (χ0n) is 53.7. The van der Waals surface area contributed by atoms with Crippen LogP contribution in [0, 0.1) is 13.8 Å². The van der Waals surface area contributed by atoms with E-state index in [0.29, 0.717) is 0 Å². The highest BCUT2D eigenvalue weighted by molar-refractivity contribution is 7.25. The SMILES string of the molecule is CCCCCCCCC1(CCCCCCCC)c2cc(C)ccc2-c2ccc(-c3ccc(-c4ccc(-c5ccc(N(c6ccc(-c7ccc(N(c8ccc(C)cc8)c8ccc(C(C)(C)C)cc8)cc7)cc6)c6ccc(C(C)(C)C)cc6)cc5)s4)s3)cc21. The van der Waals surface area contributed by atoms with Gasteiger partial charge in [-0.05, 0) is 196 Å². The van der Waals surface area contributed by atoms with Crippen molar-refractivity contribution in [3.8, 4) is 52.9 Å². The standard InChI is InChI=1S/C83H92N2S2/c1-11-13-15-17-19-21-55-83(56-22-20-18-16-14-12-2)75-57-60(4)25-49-73(75)74-50-32-64(58-76(74)83)78-52-54-80(87-78)79-53-51-77(86-79)63-30-43-70(44-31-63)85(72-47-35-66(36-48-72)82(8,9)10)69-41-28-62(29-42-69)61-26-39-68(40-27-61)84(67-37-23-59(3)24-38-67)71-45-33-65(34-46-71)81(5,6)7/h23-54,57-58H,11-22,55-56H2,1-10H3. The quantitative estimate of drug-likeness (QED) is 0.0557. The molecular formula is C83H92N2S2. The van der Waals surface area contributed by atoms with Crippen LogP contribution in [-0.2, 0) is 16.2 Å². The molecule has 0 atom stereocenters. The molecule has 2 aromatic heterocycles. The number of rotatable bonds is 24. The van der Waals surface area contributed by atoms with E-state index in [9.17, 15) is 0 Å². The maximum Gasteiger partial charge on any atom is 0.0462 e. The molecule has 0 saturated heterocycles. The van der Waals surface area contributed by atoms with Gasteiger partial charge in [0.25, 0.3) is 0 Å². The molecule has 0 bridgehead atoms. The van der Waals surface area contributed by atoms with Gasteiger partial charge >= 0.3 is 0 Å². The summed E-state index contributed by atoms with van der Waals surface area (Å²) in [7, 11) is 0. The number of fused-ring (bicyclic) bond motifs is 3. The Hall–Kier alpha value is -7.24. The Balaban J connectivity index is 0.838. The fourth-order valence-electron chi connectivity index (χ4n) is 13.3. The van der Waals surface area contributed by atoms with Crippen molar-refractivity contribution in [1.82, 2.24) is 0 Å². The van der Waals surface area contributed by atoms with Gasteiger partial charge in [0.1, 0.15) is 0 Å². The van der Waals surface area contributed by atoms with Crippen LogP contribution in [0.3, 0.4) is 0 Å². The molecule has 87 heavy (non-hydrogen) atoms. The minimum atomic E-state index is 0.0566. The highest BCUT2D eigenvalue weighted by Crippen LogP contribution is 2.56. The van der Waals surface area contributed by atoms with E-state index in [0.717, 1.165) is 34.1 Å². The number of nitrogens with zero attached hydrogens (tertiary/aromatic N) is 2. The zero-order chi connectivity index (χ0) is 60.7. The number of unbranched alkanes of at least 4 members (excludes halogenated alkanes) is 10. The van der Waals surface area contributed by atoms with E-state index in [1.807, 2.05) is 22.7 Å². The number of hydrogen-bond acceptors (Lipinski definition) is 4. The predicted molar refractivity (Wildman–Crippen MR) is 382 cm³/mol. The summed E-state index contributed by atoms with van der Waals surface area (Å²) >= 11 is 3.84. The summed E-state index contributed by atoms with van der Waals surface area (Å²) in [6, 6.07) is 78.6. The van der Waals surface area contributed by atoms with Gasteiger partial charge in [-0.15, -0.1) is 22.7 Å². The highest BCUT2D eigenvalue weighted by Gasteiger charge is 2.42. The van der Waals surface area contributed by atoms with E-state index >= 15 is 0 Å². The minimum Gasteiger partial charge on any atom is -0.311 e. The van der Waals surface area contributed by atoms with Crippen LogP contribution in [-0.4, -0.2) is 0 Å². The van der Waals surface area contributed by atoms with Crippen molar-refractivity contribution < 1.29 is 0 Å². The lowest BCUT2D eigenvalue weighted by Gasteiger charge is -2.33. The number of thiophene rings is 2. The lowest BCUT2D eigenvalue weighted by molar-refractivity contribution is 0.398. The smallest absolute Gasteiger partial charge is 0.0462 e. The van der Waals surface area contributed by atoms with Crippen LogP contribution in [0.15, 0.2) is 206 Å². The molecule has 0 spiro atoms. The molecule has 0 radical (unpaired) electrons. The van der Waals surface area contributed by atoms with Gasteiger partial charge in [-0.25, -0.2) is 0 Å². The molecule has 0 aliphatic heterocycles. The molecule has 0 amide bonds. The van der Waals surface area contributed by atoms with Gasteiger partial charge in [0.05, 0.1) is 0 Å². The molecule has 2 heterocycles. The van der Waals surface area contributed by atoms with Crippen molar-refractivity contribution in [3.05, 3.63) is 240 Å². The van der Waals surface area contributed by atoms with Crippen molar-refractivity contribution >= 4 is 56.8 Å². The third-order valence-electron chi connectivity index (χ3n) is 18.4. The second kappa shape index (κ2) is 27.0.